The lowest BCUT2D eigenvalue weighted by molar-refractivity contribution is 1.24. The molecule has 0 spiro atoms. The van der Waals surface area contributed by atoms with Gasteiger partial charge in [-0.05, 0) is 87.7 Å². The van der Waals surface area contributed by atoms with Gasteiger partial charge < -0.3 is 0 Å². The molecule has 3 heteroatoms. The molecule has 0 fully saturated rings. The highest BCUT2D eigenvalue weighted by Crippen LogP contribution is 2.48. The highest BCUT2D eigenvalue weighted by atomic mass is 15.0. The average molecular weight is 446 g/mol. The van der Waals surface area contributed by atoms with E-state index in [9.17, 15) is 0 Å². The van der Waals surface area contributed by atoms with Crippen molar-refractivity contribution in [1.29, 1.82) is 0 Å². The molecule has 35 heavy (non-hydrogen) atoms. The number of imidazole rings is 1. The highest BCUT2D eigenvalue weighted by Gasteiger charge is 2.28. The number of hydrogen-bond donors (Lipinski definition) is 0. The van der Waals surface area contributed by atoms with Gasteiger partial charge in [0.2, 0.25) is 0 Å². The van der Waals surface area contributed by atoms with Gasteiger partial charge in [-0.25, -0.2) is 4.98 Å². The Bertz CT molecular complexity index is 2060. The monoisotopic (exact) mass is 445 g/mol. The predicted octanol–water partition coefficient (Wildman–Crippen LogP) is 7.33. The van der Waals surface area contributed by atoms with E-state index in [0.29, 0.717) is 0 Å². The lowest BCUT2D eigenvalue weighted by Crippen LogP contribution is -1.94. The van der Waals surface area contributed by atoms with Gasteiger partial charge in [-0.3, -0.25) is 9.38 Å². The van der Waals surface area contributed by atoms with Crippen molar-refractivity contribution in [3.63, 3.8) is 0 Å². The smallest absolute Gasteiger partial charge is 0.146 e. The van der Waals surface area contributed by atoms with E-state index in [1.54, 1.807) is 0 Å². The summed E-state index contributed by atoms with van der Waals surface area (Å²) in [7, 11) is 0. The number of aromatic nitrogens is 3. The zero-order valence-electron chi connectivity index (χ0n) is 18.9. The lowest BCUT2D eigenvalue weighted by atomic mass is 9.93. The number of rotatable bonds is 0. The first kappa shape index (κ1) is 17.9. The fourth-order valence-electron chi connectivity index (χ4n) is 6.61. The normalized spacial score (nSPS) is 13.5. The van der Waals surface area contributed by atoms with Gasteiger partial charge in [-0.15, -0.1) is 0 Å². The predicted molar refractivity (Wildman–Crippen MR) is 142 cm³/mol. The fourth-order valence-corrected chi connectivity index (χ4v) is 6.61. The number of nitrogens with zero attached hydrogens (tertiary/aromatic N) is 3. The number of hydrogen-bond acceptors (Lipinski definition) is 2. The topological polar surface area (TPSA) is 30.2 Å². The van der Waals surface area contributed by atoms with E-state index < -0.39 is 0 Å². The van der Waals surface area contributed by atoms with Crippen LogP contribution < -0.4 is 0 Å². The lowest BCUT2D eigenvalue weighted by Gasteiger charge is -2.13. The van der Waals surface area contributed by atoms with E-state index in [1.165, 1.54) is 60.7 Å². The largest absolute Gasteiger partial charge is 0.290 e. The van der Waals surface area contributed by atoms with Crippen LogP contribution in [0.3, 0.4) is 0 Å². The molecule has 0 unspecified atom stereocenters. The second-order valence-electron chi connectivity index (χ2n) is 9.85. The molecule has 162 valence electrons. The summed E-state index contributed by atoms with van der Waals surface area (Å²) in [4.78, 5) is 9.61. The molecule has 3 aromatic heterocycles. The fraction of sp³-hybridized carbons (Fsp3) is 0.0625. The Morgan fingerprint density at radius 2 is 1.46 bits per heavy atom. The van der Waals surface area contributed by atoms with E-state index in [2.05, 4.69) is 88.2 Å². The third-order valence-electron chi connectivity index (χ3n) is 8.07. The van der Waals surface area contributed by atoms with Gasteiger partial charge in [0.05, 0.1) is 22.7 Å². The molecule has 2 aliphatic carbocycles. The molecule has 0 N–H and O–H groups in total. The Hall–Kier alpha value is -4.50. The van der Waals surface area contributed by atoms with Crippen molar-refractivity contribution in [2.24, 2.45) is 0 Å². The summed E-state index contributed by atoms with van der Waals surface area (Å²) in [6.07, 6.45) is 5.90. The second-order valence-corrected chi connectivity index (χ2v) is 9.85. The van der Waals surface area contributed by atoms with Gasteiger partial charge in [-0.1, -0.05) is 48.5 Å². The molecule has 7 aromatic rings. The van der Waals surface area contributed by atoms with Crippen LogP contribution in [0.15, 0.2) is 91.3 Å². The number of para-hydroxylation sites is 2. The summed E-state index contributed by atoms with van der Waals surface area (Å²) >= 11 is 0. The highest BCUT2D eigenvalue weighted by molar-refractivity contribution is 6.20. The molecule has 0 bridgehead atoms. The van der Waals surface area contributed by atoms with Gasteiger partial charge in [0, 0.05) is 22.4 Å². The standard InChI is InChI=1S/C32H19N3/c1-2-6-22-18(5-1)13-20-16-26-21(15-25(20)22)14-19-9-10-24-31(30(19)26)23-11-12-33-17-29(23)35-28-8-4-3-7-27(28)34-32(24)35/h1-12,15-17H,13-14H2. The summed E-state index contributed by atoms with van der Waals surface area (Å²) in [6.45, 7) is 0. The third-order valence-corrected chi connectivity index (χ3v) is 8.07. The molecule has 4 aromatic carbocycles. The molecule has 3 nitrogen and oxygen atoms in total. The third kappa shape index (κ3) is 2.17. The van der Waals surface area contributed by atoms with Crippen LogP contribution in [0.25, 0.3) is 60.6 Å². The van der Waals surface area contributed by atoms with Gasteiger partial charge >= 0.3 is 0 Å². The minimum absolute atomic E-state index is 0.976. The van der Waals surface area contributed by atoms with Crippen molar-refractivity contribution in [2.75, 3.05) is 0 Å². The van der Waals surface area contributed by atoms with Crippen molar-refractivity contribution < 1.29 is 0 Å². The Labute approximate surface area is 201 Å². The summed E-state index contributed by atoms with van der Waals surface area (Å²) in [6, 6.07) is 28.9. The summed E-state index contributed by atoms with van der Waals surface area (Å²) in [5.74, 6) is 0. The maximum absolute atomic E-state index is 5.10. The first-order valence-electron chi connectivity index (χ1n) is 12.2. The first-order chi connectivity index (χ1) is 17.3. The van der Waals surface area contributed by atoms with E-state index in [0.717, 1.165) is 35.0 Å². The van der Waals surface area contributed by atoms with E-state index >= 15 is 0 Å². The minimum atomic E-state index is 0.976. The number of benzene rings is 4. The van der Waals surface area contributed by atoms with E-state index in [4.69, 9.17) is 4.98 Å². The Balaban J connectivity index is 1.43. The molecule has 9 rings (SSSR count). The molecular weight excluding hydrogens is 426 g/mol. The van der Waals surface area contributed by atoms with E-state index in [1.807, 2.05) is 12.4 Å². The maximum atomic E-state index is 5.10. The summed E-state index contributed by atoms with van der Waals surface area (Å²) in [5, 5.41) is 3.74. The van der Waals surface area contributed by atoms with Crippen molar-refractivity contribution in [3.8, 4) is 22.3 Å². The number of pyridine rings is 2. The quantitative estimate of drug-likeness (QED) is 0.229. The SMILES string of the molecule is c1ccc2c(c1)Cc1cc3c(cc1-2)Cc1ccc2c(c1-3)c1ccncc1n1c3ccccc3nc21. The molecule has 0 saturated carbocycles. The van der Waals surface area contributed by atoms with Gasteiger partial charge in [-0.2, -0.15) is 0 Å². The zero-order chi connectivity index (χ0) is 22.7. The molecular formula is C32H19N3. The maximum Gasteiger partial charge on any atom is 0.146 e. The van der Waals surface area contributed by atoms with Gasteiger partial charge in [0.15, 0.2) is 0 Å². The van der Waals surface area contributed by atoms with E-state index in [-0.39, 0.29) is 0 Å². The van der Waals surface area contributed by atoms with Crippen LogP contribution in [0.1, 0.15) is 22.3 Å². The van der Waals surface area contributed by atoms with Crippen molar-refractivity contribution in [2.45, 2.75) is 12.8 Å². The van der Waals surface area contributed by atoms with Crippen molar-refractivity contribution >= 4 is 38.4 Å². The number of fused-ring (bicyclic) bond motifs is 15. The Morgan fingerprint density at radius 3 is 2.46 bits per heavy atom. The second kappa shape index (κ2) is 6.13. The van der Waals surface area contributed by atoms with Crippen molar-refractivity contribution in [3.05, 3.63) is 114 Å². The van der Waals surface area contributed by atoms with Crippen LogP contribution in [0, 0.1) is 0 Å². The minimum Gasteiger partial charge on any atom is -0.290 e. The Kier molecular flexibility index (Phi) is 3.14. The molecule has 0 atom stereocenters. The molecule has 0 amide bonds. The van der Waals surface area contributed by atoms with Crippen LogP contribution in [0.5, 0.6) is 0 Å². The molecule has 0 aliphatic heterocycles. The molecule has 0 saturated heterocycles. The molecule has 0 radical (unpaired) electrons. The molecule has 2 aliphatic rings. The molecule has 3 heterocycles. The first-order valence-corrected chi connectivity index (χ1v) is 12.2. The van der Waals surface area contributed by atoms with Crippen LogP contribution in [-0.2, 0) is 12.8 Å². The van der Waals surface area contributed by atoms with Crippen LogP contribution >= 0.6 is 0 Å². The summed E-state index contributed by atoms with van der Waals surface area (Å²) < 4.78 is 2.28. The Morgan fingerprint density at radius 1 is 0.629 bits per heavy atom. The summed E-state index contributed by atoms with van der Waals surface area (Å²) in [5.41, 5.74) is 15.5. The van der Waals surface area contributed by atoms with Gasteiger partial charge in [0.1, 0.15) is 5.65 Å². The van der Waals surface area contributed by atoms with Crippen LogP contribution in [0.2, 0.25) is 0 Å². The average Bonchev–Trinajstić information content (AvgIpc) is 3.58. The van der Waals surface area contributed by atoms with Crippen LogP contribution in [-0.4, -0.2) is 14.4 Å². The zero-order valence-corrected chi connectivity index (χ0v) is 18.9. The van der Waals surface area contributed by atoms with Crippen LogP contribution in [0.4, 0.5) is 0 Å². The van der Waals surface area contributed by atoms with Crippen molar-refractivity contribution in [1.82, 2.24) is 14.4 Å². The van der Waals surface area contributed by atoms with Gasteiger partial charge in [0.25, 0.3) is 0 Å².